The maximum Gasteiger partial charge on any atom is 0.163 e. The molecule has 5 rings (SSSR count). The van der Waals surface area contributed by atoms with Gasteiger partial charge in [-0.3, -0.25) is 9.88 Å². The fraction of sp³-hybridized carbons (Fsp3) is 0.269. The van der Waals surface area contributed by atoms with Crippen LogP contribution in [0, 0.1) is 0 Å². The van der Waals surface area contributed by atoms with Gasteiger partial charge in [-0.1, -0.05) is 24.3 Å². The van der Waals surface area contributed by atoms with Gasteiger partial charge in [0.2, 0.25) is 0 Å². The lowest BCUT2D eigenvalue weighted by Gasteiger charge is -2.29. The van der Waals surface area contributed by atoms with Crippen molar-refractivity contribution < 1.29 is 4.74 Å². The summed E-state index contributed by atoms with van der Waals surface area (Å²) in [6, 6.07) is 20.7. The molecule has 1 fully saturated rings. The van der Waals surface area contributed by atoms with E-state index in [1.54, 1.807) is 19.5 Å². The number of methoxy groups -OCH3 is 1. The maximum absolute atomic E-state index is 5.49. The van der Waals surface area contributed by atoms with E-state index in [4.69, 9.17) is 14.7 Å². The van der Waals surface area contributed by atoms with Crippen LogP contribution in [0.2, 0.25) is 0 Å². The molecule has 1 aliphatic heterocycles. The van der Waals surface area contributed by atoms with Crippen LogP contribution in [0.1, 0.15) is 24.4 Å². The highest BCUT2D eigenvalue weighted by Crippen LogP contribution is 2.30. The number of anilines is 1. The van der Waals surface area contributed by atoms with Crippen LogP contribution in [0.4, 0.5) is 5.82 Å². The lowest BCUT2D eigenvalue weighted by molar-refractivity contribution is 0.255. The molecule has 0 radical (unpaired) electrons. The van der Waals surface area contributed by atoms with Crippen LogP contribution in [0.25, 0.3) is 22.3 Å². The average molecular weight is 426 g/mol. The van der Waals surface area contributed by atoms with Crippen LogP contribution in [0.15, 0.2) is 73.1 Å². The molecule has 1 unspecified atom stereocenters. The standard InChI is InChI=1S/C26H27N5O/c1-32-21-10-6-8-19(16-21)24(31-14-4-5-15-31)18-28-26-22-11-2-3-12-23(22)29-25(30-26)20-9-7-13-27-17-20/h2-3,6-13,16-17,24H,4-5,14-15,18H2,1H3,(H,28,29,30). The summed E-state index contributed by atoms with van der Waals surface area (Å²) in [5, 5.41) is 4.68. The third-order valence-electron chi connectivity index (χ3n) is 6.05. The number of nitrogens with one attached hydrogen (secondary N) is 1. The molecule has 1 N–H and O–H groups in total. The summed E-state index contributed by atoms with van der Waals surface area (Å²) < 4.78 is 5.49. The van der Waals surface area contributed by atoms with E-state index in [-0.39, 0.29) is 6.04 Å². The Morgan fingerprint density at radius 2 is 1.88 bits per heavy atom. The van der Waals surface area contributed by atoms with Gasteiger partial charge in [0.1, 0.15) is 11.6 Å². The molecule has 0 amide bonds. The predicted octanol–water partition coefficient (Wildman–Crippen LogP) is 4.95. The number of pyridine rings is 1. The van der Waals surface area contributed by atoms with E-state index < -0.39 is 0 Å². The SMILES string of the molecule is COc1cccc(C(CNc2nc(-c3cccnc3)nc3ccccc23)N2CCCC2)c1. The molecule has 1 saturated heterocycles. The number of para-hydroxylation sites is 1. The highest BCUT2D eigenvalue weighted by Gasteiger charge is 2.24. The van der Waals surface area contributed by atoms with Gasteiger partial charge in [0.25, 0.3) is 0 Å². The van der Waals surface area contributed by atoms with Crippen LogP contribution in [0.5, 0.6) is 5.75 Å². The molecule has 0 aliphatic carbocycles. The fourth-order valence-corrected chi connectivity index (χ4v) is 4.39. The number of hydrogen-bond donors (Lipinski definition) is 1. The minimum absolute atomic E-state index is 0.239. The Labute approximate surface area is 188 Å². The molecule has 162 valence electrons. The highest BCUT2D eigenvalue weighted by atomic mass is 16.5. The maximum atomic E-state index is 5.49. The molecule has 3 heterocycles. The van der Waals surface area contributed by atoms with Crippen LogP contribution in [0.3, 0.4) is 0 Å². The van der Waals surface area contributed by atoms with Crippen molar-refractivity contribution in [3.8, 4) is 17.1 Å². The van der Waals surface area contributed by atoms with Gasteiger partial charge < -0.3 is 10.1 Å². The number of ether oxygens (including phenoxy) is 1. The van der Waals surface area contributed by atoms with Gasteiger partial charge in [0.15, 0.2) is 5.82 Å². The van der Waals surface area contributed by atoms with Gasteiger partial charge in [-0.25, -0.2) is 9.97 Å². The first-order valence-corrected chi connectivity index (χ1v) is 11.1. The van der Waals surface area contributed by atoms with Gasteiger partial charge in [0.05, 0.1) is 18.7 Å². The molecule has 0 spiro atoms. The summed E-state index contributed by atoms with van der Waals surface area (Å²) in [5.74, 6) is 2.41. The molecule has 1 aliphatic rings. The monoisotopic (exact) mass is 425 g/mol. The number of hydrogen-bond acceptors (Lipinski definition) is 6. The Morgan fingerprint density at radius 1 is 1.00 bits per heavy atom. The molecule has 1 atom stereocenters. The first-order valence-electron chi connectivity index (χ1n) is 11.1. The summed E-state index contributed by atoms with van der Waals surface area (Å²) >= 11 is 0. The van der Waals surface area contributed by atoms with E-state index in [1.165, 1.54) is 18.4 Å². The van der Waals surface area contributed by atoms with Crippen LogP contribution >= 0.6 is 0 Å². The van der Waals surface area contributed by atoms with E-state index in [2.05, 4.69) is 39.5 Å². The molecule has 0 saturated carbocycles. The van der Waals surface area contributed by atoms with Crippen LogP contribution < -0.4 is 10.1 Å². The lowest BCUT2D eigenvalue weighted by atomic mass is 10.0. The smallest absolute Gasteiger partial charge is 0.163 e. The van der Waals surface area contributed by atoms with Gasteiger partial charge in [-0.15, -0.1) is 0 Å². The summed E-state index contributed by atoms with van der Waals surface area (Å²) in [4.78, 5) is 16.4. The molecular formula is C26H27N5O. The first kappa shape index (κ1) is 20.4. The zero-order valence-corrected chi connectivity index (χ0v) is 18.2. The molecule has 4 aromatic rings. The molecular weight excluding hydrogens is 398 g/mol. The number of likely N-dealkylation sites (tertiary alicyclic amines) is 1. The number of nitrogens with zero attached hydrogens (tertiary/aromatic N) is 4. The van der Waals surface area contributed by atoms with Crippen molar-refractivity contribution in [2.75, 3.05) is 32.1 Å². The van der Waals surface area contributed by atoms with E-state index in [1.807, 2.05) is 36.4 Å². The summed E-state index contributed by atoms with van der Waals surface area (Å²) in [6.07, 6.45) is 6.04. The van der Waals surface area contributed by atoms with Gasteiger partial charge in [-0.2, -0.15) is 0 Å². The number of rotatable bonds is 7. The van der Waals surface area contributed by atoms with Gasteiger partial charge in [-0.05, 0) is 67.9 Å². The summed E-state index contributed by atoms with van der Waals surface area (Å²) in [7, 11) is 1.72. The Balaban J connectivity index is 1.49. The number of fused-ring (bicyclic) bond motifs is 1. The second kappa shape index (κ2) is 9.32. The minimum Gasteiger partial charge on any atom is -0.497 e. The van der Waals surface area contributed by atoms with E-state index >= 15 is 0 Å². The van der Waals surface area contributed by atoms with Crippen molar-refractivity contribution in [2.24, 2.45) is 0 Å². The summed E-state index contributed by atoms with van der Waals surface area (Å²) in [6.45, 7) is 2.96. The van der Waals surface area contributed by atoms with E-state index in [0.717, 1.165) is 47.7 Å². The van der Waals surface area contributed by atoms with Crippen LogP contribution in [-0.4, -0.2) is 46.6 Å². The topological polar surface area (TPSA) is 63.2 Å². The fourth-order valence-electron chi connectivity index (χ4n) is 4.39. The lowest BCUT2D eigenvalue weighted by Crippen LogP contribution is -2.31. The zero-order chi connectivity index (χ0) is 21.8. The van der Waals surface area contributed by atoms with Gasteiger partial charge in [0, 0.05) is 29.9 Å². The van der Waals surface area contributed by atoms with Crippen molar-refractivity contribution in [1.29, 1.82) is 0 Å². The second-order valence-corrected chi connectivity index (χ2v) is 8.07. The average Bonchev–Trinajstić information content (AvgIpc) is 3.39. The highest BCUT2D eigenvalue weighted by molar-refractivity contribution is 5.90. The Bertz CT molecular complexity index is 1190. The third kappa shape index (κ3) is 4.27. The second-order valence-electron chi connectivity index (χ2n) is 8.07. The minimum atomic E-state index is 0.239. The quantitative estimate of drug-likeness (QED) is 0.452. The molecule has 6 nitrogen and oxygen atoms in total. The van der Waals surface area contributed by atoms with E-state index in [0.29, 0.717) is 5.82 Å². The van der Waals surface area contributed by atoms with E-state index in [9.17, 15) is 0 Å². The Hall–Kier alpha value is -3.51. The number of benzene rings is 2. The molecule has 6 heteroatoms. The first-order chi connectivity index (χ1) is 15.8. The van der Waals surface area contributed by atoms with Crippen molar-refractivity contribution >= 4 is 16.7 Å². The van der Waals surface area contributed by atoms with Crippen LogP contribution in [-0.2, 0) is 0 Å². The third-order valence-corrected chi connectivity index (χ3v) is 6.05. The number of aromatic nitrogens is 3. The van der Waals surface area contributed by atoms with Crippen molar-refractivity contribution in [3.63, 3.8) is 0 Å². The van der Waals surface area contributed by atoms with Crippen molar-refractivity contribution in [1.82, 2.24) is 19.9 Å². The van der Waals surface area contributed by atoms with Gasteiger partial charge >= 0.3 is 0 Å². The Morgan fingerprint density at radius 3 is 2.69 bits per heavy atom. The van der Waals surface area contributed by atoms with Crippen molar-refractivity contribution in [3.05, 3.63) is 78.6 Å². The zero-order valence-electron chi connectivity index (χ0n) is 18.2. The normalized spacial score (nSPS) is 15.0. The molecule has 0 bridgehead atoms. The largest absolute Gasteiger partial charge is 0.497 e. The van der Waals surface area contributed by atoms with Crippen molar-refractivity contribution in [2.45, 2.75) is 18.9 Å². The molecule has 2 aromatic carbocycles. The Kier molecular flexibility index (Phi) is 5.94. The summed E-state index contributed by atoms with van der Waals surface area (Å²) in [5.41, 5.74) is 3.08. The molecule has 2 aromatic heterocycles. The molecule has 32 heavy (non-hydrogen) atoms. The predicted molar refractivity (Wildman–Crippen MR) is 128 cm³/mol.